The number of nitrogens with one attached hydrogen (secondary N) is 4. The van der Waals surface area contributed by atoms with Crippen molar-refractivity contribution < 1.29 is 9.59 Å². The lowest BCUT2D eigenvalue weighted by molar-refractivity contribution is -0.118. The van der Waals surface area contributed by atoms with Crippen LogP contribution in [0.25, 0.3) is 0 Å². The highest BCUT2D eigenvalue weighted by atomic mass is 32.1. The molecule has 4 N–H and O–H groups in total. The van der Waals surface area contributed by atoms with Crippen LogP contribution in [0.1, 0.15) is 35.4 Å². The number of unbranched alkanes of at least 4 members (excludes halogenated alkanes) is 2. The van der Waals surface area contributed by atoms with E-state index in [9.17, 15) is 9.59 Å². The van der Waals surface area contributed by atoms with E-state index in [4.69, 9.17) is 0 Å². The maximum absolute atomic E-state index is 12.3. The van der Waals surface area contributed by atoms with Gasteiger partial charge in [-0.25, -0.2) is 0 Å². The van der Waals surface area contributed by atoms with Gasteiger partial charge in [0.05, 0.1) is 6.42 Å². The van der Waals surface area contributed by atoms with Crippen LogP contribution in [-0.4, -0.2) is 33.6 Å². The molecule has 35 heavy (non-hydrogen) atoms. The number of carbonyl (C=O) groups is 2. The quantitative estimate of drug-likeness (QED) is 0.288. The highest BCUT2D eigenvalue weighted by Crippen LogP contribution is 2.18. The van der Waals surface area contributed by atoms with Crippen molar-refractivity contribution in [3.63, 3.8) is 0 Å². The average Bonchev–Trinajstić information content (AvgIpc) is 3.53. The number of hydrazine groups is 2. The van der Waals surface area contributed by atoms with Crippen LogP contribution >= 0.6 is 11.3 Å². The first-order chi connectivity index (χ1) is 17.2. The summed E-state index contributed by atoms with van der Waals surface area (Å²) in [5.74, 6) is -0.237. The summed E-state index contributed by atoms with van der Waals surface area (Å²) in [5.41, 5.74) is 8.44. The molecule has 2 amide bonds. The van der Waals surface area contributed by atoms with Gasteiger partial charge in [0, 0.05) is 25.7 Å². The van der Waals surface area contributed by atoms with Gasteiger partial charge in [-0.05, 0) is 24.0 Å². The first-order valence-electron chi connectivity index (χ1n) is 11.6. The minimum absolute atomic E-state index is 0.0909. The van der Waals surface area contributed by atoms with Gasteiger partial charge in [-0.1, -0.05) is 78.4 Å². The van der Waals surface area contributed by atoms with Crippen molar-refractivity contribution in [2.45, 2.75) is 38.6 Å². The predicted octanol–water partition coefficient (Wildman–Crippen LogP) is 2.91. The van der Waals surface area contributed by atoms with Gasteiger partial charge in [-0.3, -0.25) is 20.0 Å². The minimum atomic E-state index is -0.146. The first kappa shape index (κ1) is 24.4. The molecule has 182 valence electrons. The van der Waals surface area contributed by atoms with Gasteiger partial charge in [-0.2, -0.15) is 0 Å². The number of aryl methyl sites for hydroxylation is 1. The van der Waals surface area contributed by atoms with Crippen molar-refractivity contribution in [1.82, 2.24) is 31.5 Å². The number of carbonyl (C=O) groups excluding carboxylic acids is 2. The van der Waals surface area contributed by atoms with Crippen LogP contribution in [0.15, 0.2) is 72.6 Å². The highest BCUT2D eigenvalue weighted by Gasteiger charge is 2.17. The molecule has 0 saturated carbocycles. The van der Waals surface area contributed by atoms with E-state index in [1.807, 2.05) is 65.7 Å². The van der Waals surface area contributed by atoms with Crippen LogP contribution in [-0.2, 0) is 29.0 Å². The van der Waals surface area contributed by atoms with Crippen molar-refractivity contribution >= 4 is 28.3 Å². The summed E-state index contributed by atoms with van der Waals surface area (Å²) in [5, 5.41) is 17.3. The van der Waals surface area contributed by atoms with E-state index in [-0.39, 0.29) is 11.8 Å². The smallest absolute Gasteiger partial charge is 0.270 e. The zero-order valence-electron chi connectivity index (χ0n) is 19.4. The van der Waals surface area contributed by atoms with Crippen molar-refractivity contribution in [2.24, 2.45) is 0 Å². The largest absolute Gasteiger partial charge is 0.347 e. The third-order valence-corrected chi connectivity index (χ3v) is 6.27. The van der Waals surface area contributed by atoms with Crippen LogP contribution in [0, 0.1) is 0 Å². The Morgan fingerprint density at radius 3 is 2.43 bits per heavy atom. The molecule has 4 rings (SSSR count). The van der Waals surface area contributed by atoms with E-state index in [0.29, 0.717) is 23.8 Å². The molecule has 2 aromatic carbocycles. The molecule has 0 atom stereocenters. The van der Waals surface area contributed by atoms with E-state index >= 15 is 0 Å². The Labute approximate surface area is 208 Å². The Hall–Kier alpha value is -3.76. The SMILES string of the molecule is O=C(Cc1ccccc1)Nc1nnc(CCCCCN2C=C(C(=O)NCc3ccccc3)NN2)s1. The maximum Gasteiger partial charge on any atom is 0.270 e. The molecular formula is C25H29N7O2S. The summed E-state index contributed by atoms with van der Waals surface area (Å²) >= 11 is 1.42. The standard InChI is InChI=1S/C25H29N7O2S/c33-22(16-19-10-4-1-5-11-19)27-25-30-29-23(35-25)14-8-3-9-15-32-18-21(28-31-32)24(34)26-17-20-12-6-2-7-13-20/h1-2,4-7,10-13,18,28,31H,3,8-9,14-17H2,(H,26,34)(H,27,30,33). The second-order valence-corrected chi connectivity index (χ2v) is 9.23. The normalized spacial score (nSPS) is 12.7. The molecule has 0 radical (unpaired) electrons. The Morgan fingerprint density at radius 1 is 0.914 bits per heavy atom. The Bertz CT molecular complexity index is 1130. The maximum atomic E-state index is 12.3. The fourth-order valence-electron chi connectivity index (χ4n) is 3.55. The monoisotopic (exact) mass is 491 g/mol. The zero-order valence-corrected chi connectivity index (χ0v) is 20.2. The van der Waals surface area contributed by atoms with Crippen molar-refractivity contribution in [2.75, 3.05) is 11.9 Å². The Morgan fingerprint density at radius 2 is 1.66 bits per heavy atom. The van der Waals surface area contributed by atoms with Gasteiger partial charge in [-0.15, -0.1) is 15.7 Å². The predicted molar refractivity (Wildman–Crippen MR) is 136 cm³/mol. The van der Waals surface area contributed by atoms with E-state index in [1.165, 1.54) is 11.3 Å². The lowest BCUT2D eigenvalue weighted by Crippen LogP contribution is -2.39. The topological polar surface area (TPSA) is 111 Å². The van der Waals surface area contributed by atoms with Crippen molar-refractivity contribution in [1.29, 1.82) is 0 Å². The molecule has 10 heteroatoms. The van der Waals surface area contributed by atoms with Crippen LogP contribution in [0.4, 0.5) is 5.13 Å². The zero-order chi connectivity index (χ0) is 24.3. The molecule has 1 aliphatic heterocycles. The summed E-state index contributed by atoms with van der Waals surface area (Å²) in [7, 11) is 0. The van der Waals surface area contributed by atoms with Crippen LogP contribution in [0.2, 0.25) is 0 Å². The Balaban J connectivity index is 1.10. The van der Waals surface area contributed by atoms with Crippen molar-refractivity contribution in [3.8, 4) is 0 Å². The van der Waals surface area contributed by atoms with Crippen LogP contribution < -0.4 is 21.6 Å². The third kappa shape index (κ3) is 7.90. The number of aromatic nitrogens is 2. The van der Waals surface area contributed by atoms with Crippen molar-refractivity contribution in [3.05, 3.63) is 88.7 Å². The molecule has 0 unspecified atom stereocenters. The minimum Gasteiger partial charge on any atom is -0.347 e. The fourth-order valence-corrected chi connectivity index (χ4v) is 4.34. The lowest BCUT2D eigenvalue weighted by Gasteiger charge is -2.14. The molecule has 2 heterocycles. The highest BCUT2D eigenvalue weighted by molar-refractivity contribution is 7.15. The molecule has 9 nitrogen and oxygen atoms in total. The van der Waals surface area contributed by atoms with Gasteiger partial charge < -0.3 is 10.6 Å². The second-order valence-electron chi connectivity index (χ2n) is 8.16. The number of anilines is 1. The first-order valence-corrected chi connectivity index (χ1v) is 12.5. The van der Waals surface area contributed by atoms with E-state index in [1.54, 1.807) is 6.20 Å². The summed E-state index contributed by atoms with van der Waals surface area (Å²) in [6.07, 6.45) is 5.87. The number of hydrogen-bond acceptors (Lipinski definition) is 8. The third-order valence-electron chi connectivity index (χ3n) is 5.37. The summed E-state index contributed by atoms with van der Waals surface area (Å²) in [6.45, 7) is 1.27. The van der Waals surface area contributed by atoms with Crippen LogP contribution in [0.5, 0.6) is 0 Å². The molecule has 1 aromatic heterocycles. The lowest BCUT2D eigenvalue weighted by atomic mass is 10.1. The second kappa shape index (κ2) is 12.6. The molecule has 0 saturated heterocycles. The van der Waals surface area contributed by atoms with Gasteiger partial charge in [0.2, 0.25) is 11.0 Å². The molecule has 0 fully saturated rings. The number of rotatable bonds is 12. The van der Waals surface area contributed by atoms with Gasteiger partial charge >= 0.3 is 0 Å². The van der Waals surface area contributed by atoms with Crippen LogP contribution in [0.3, 0.4) is 0 Å². The molecular weight excluding hydrogens is 462 g/mol. The number of hydrogen-bond donors (Lipinski definition) is 4. The van der Waals surface area contributed by atoms with E-state index < -0.39 is 0 Å². The molecule has 0 aliphatic carbocycles. The van der Waals surface area contributed by atoms with Gasteiger partial charge in [0.15, 0.2) is 0 Å². The molecule has 1 aliphatic rings. The molecule has 0 bridgehead atoms. The van der Waals surface area contributed by atoms with E-state index in [2.05, 4.69) is 31.8 Å². The number of benzene rings is 2. The summed E-state index contributed by atoms with van der Waals surface area (Å²) < 4.78 is 0. The molecule has 0 spiro atoms. The Kier molecular flexibility index (Phi) is 8.79. The van der Waals surface area contributed by atoms with E-state index in [0.717, 1.165) is 48.4 Å². The fraction of sp³-hybridized carbons (Fsp3) is 0.280. The average molecular weight is 492 g/mol. The molecule has 3 aromatic rings. The summed E-state index contributed by atoms with van der Waals surface area (Å²) in [6, 6.07) is 19.4. The summed E-state index contributed by atoms with van der Waals surface area (Å²) in [4.78, 5) is 24.5. The van der Waals surface area contributed by atoms with Gasteiger partial charge in [0.1, 0.15) is 10.7 Å². The number of amides is 2. The number of nitrogens with zero attached hydrogens (tertiary/aromatic N) is 3. The van der Waals surface area contributed by atoms with Gasteiger partial charge in [0.25, 0.3) is 5.91 Å².